The lowest BCUT2D eigenvalue weighted by Gasteiger charge is -2.24. The van der Waals surface area contributed by atoms with E-state index in [-0.39, 0.29) is 0 Å². The van der Waals surface area contributed by atoms with Gasteiger partial charge in [-0.05, 0) is 45.1 Å². The van der Waals surface area contributed by atoms with Crippen LogP contribution in [-0.2, 0) is 11.8 Å². The number of rotatable bonds is 2. The van der Waals surface area contributed by atoms with E-state index >= 15 is 0 Å². The van der Waals surface area contributed by atoms with E-state index in [0.29, 0.717) is 17.0 Å². The molecule has 0 aliphatic rings. The van der Waals surface area contributed by atoms with Crippen molar-refractivity contribution in [2.75, 3.05) is 18.2 Å². The number of pyridine rings is 1. The third-order valence-corrected chi connectivity index (χ3v) is 4.88. The SMILES string of the molecule is CSc1c(C#Cc2ccccc2)nc(N(C)C(=O)OC(C)(C)C)c2ncn(C)c12. The number of imidazole rings is 1. The van der Waals surface area contributed by atoms with E-state index in [9.17, 15) is 4.79 Å². The fourth-order valence-corrected chi connectivity index (χ4v) is 3.49. The van der Waals surface area contributed by atoms with Crippen molar-refractivity contribution in [2.24, 2.45) is 7.05 Å². The average molecular weight is 409 g/mol. The molecule has 0 radical (unpaired) electrons. The Hall–Kier alpha value is -2.98. The summed E-state index contributed by atoms with van der Waals surface area (Å²) in [7, 11) is 3.55. The fraction of sp³-hybridized carbons (Fsp3) is 0.318. The van der Waals surface area contributed by atoms with Gasteiger partial charge in [0.15, 0.2) is 5.82 Å². The van der Waals surface area contributed by atoms with Gasteiger partial charge in [-0.2, -0.15) is 0 Å². The van der Waals surface area contributed by atoms with Crippen molar-refractivity contribution in [3.05, 3.63) is 47.9 Å². The van der Waals surface area contributed by atoms with Crippen LogP contribution >= 0.6 is 11.8 Å². The molecule has 0 saturated heterocycles. The first-order valence-electron chi connectivity index (χ1n) is 9.14. The van der Waals surface area contributed by atoms with Crippen molar-refractivity contribution in [3.8, 4) is 11.8 Å². The molecule has 150 valence electrons. The van der Waals surface area contributed by atoms with E-state index < -0.39 is 11.7 Å². The van der Waals surface area contributed by atoms with Gasteiger partial charge < -0.3 is 9.30 Å². The van der Waals surface area contributed by atoms with Crippen LogP contribution in [0.15, 0.2) is 41.6 Å². The maximum Gasteiger partial charge on any atom is 0.415 e. The predicted octanol–water partition coefficient (Wildman–Crippen LogP) is 4.46. The monoisotopic (exact) mass is 408 g/mol. The first-order valence-corrected chi connectivity index (χ1v) is 10.4. The van der Waals surface area contributed by atoms with Crippen molar-refractivity contribution >= 4 is 34.7 Å². The van der Waals surface area contributed by atoms with Crippen LogP contribution < -0.4 is 4.90 Å². The Morgan fingerprint density at radius 2 is 1.90 bits per heavy atom. The highest BCUT2D eigenvalue weighted by molar-refractivity contribution is 7.98. The molecular formula is C22H24N4O2S. The molecule has 7 heteroatoms. The molecule has 0 spiro atoms. The molecule has 1 amide bonds. The van der Waals surface area contributed by atoms with Crippen molar-refractivity contribution in [2.45, 2.75) is 31.3 Å². The second-order valence-electron chi connectivity index (χ2n) is 7.53. The lowest BCUT2D eigenvalue weighted by molar-refractivity contribution is 0.0588. The van der Waals surface area contributed by atoms with Gasteiger partial charge in [-0.15, -0.1) is 11.8 Å². The van der Waals surface area contributed by atoms with Crippen LogP contribution in [0.1, 0.15) is 32.0 Å². The second kappa shape index (κ2) is 8.18. The molecule has 2 heterocycles. The molecule has 3 aromatic rings. The van der Waals surface area contributed by atoms with Crippen molar-refractivity contribution < 1.29 is 9.53 Å². The number of carbonyl (C=O) groups is 1. The van der Waals surface area contributed by atoms with Gasteiger partial charge in [0.25, 0.3) is 0 Å². The summed E-state index contributed by atoms with van der Waals surface area (Å²) >= 11 is 1.56. The number of ether oxygens (including phenoxy) is 1. The smallest absolute Gasteiger partial charge is 0.415 e. The molecule has 0 aliphatic heterocycles. The first kappa shape index (κ1) is 20.7. The Kier molecular flexibility index (Phi) is 5.85. The maximum absolute atomic E-state index is 12.6. The van der Waals surface area contributed by atoms with Crippen LogP contribution in [0.5, 0.6) is 0 Å². The highest BCUT2D eigenvalue weighted by Gasteiger charge is 2.26. The van der Waals surface area contributed by atoms with E-state index in [2.05, 4.69) is 16.8 Å². The van der Waals surface area contributed by atoms with Crippen molar-refractivity contribution in [1.82, 2.24) is 14.5 Å². The maximum atomic E-state index is 12.6. The Morgan fingerprint density at radius 3 is 2.52 bits per heavy atom. The number of anilines is 1. The quantitative estimate of drug-likeness (QED) is 0.463. The third kappa shape index (κ3) is 4.54. The molecule has 0 fully saturated rings. The predicted molar refractivity (Wildman–Crippen MR) is 117 cm³/mol. The standard InChI is InChI=1S/C22H24N4O2S/c1-22(2,3)28-21(27)26(5)20-17-18(25(4)14-23-17)19(29-6)16(24-20)13-12-15-10-8-7-9-11-15/h7-11,14H,1-6H3. The van der Waals surface area contributed by atoms with Crippen LogP contribution in [-0.4, -0.2) is 39.5 Å². The molecule has 0 N–H and O–H groups in total. The van der Waals surface area contributed by atoms with Crippen LogP contribution in [0.4, 0.5) is 10.6 Å². The molecule has 3 rings (SSSR count). The molecule has 0 aliphatic carbocycles. The van der Waals surface area contributed by atoms with Gasteiger partial charge in [0.05, 0.1) is 16.7 Å². The van der Waals surface area contributed by atoms with Gasteiger partial charge in [-0.25, -0.2) is 14.8 Å². The first-order chi connectivity index (χ1) is 13.7. The molecular weight excluding hydrogens is 384 g/mol. The van der Waals surface area contributed by atoms with Crippen LogP contribution in [0.3, 0.4) is 0 Å². The number of fused-ring (bicyclic) bond motifs is 1. The summed E-state index contributed by atoms with van der Waals surface area (Å²) in [5.74, 6) is 6.75. The summed E-state index contributed by atoms with van der Waals surface area (Å²) in [5.41, 5.74) is 2.41. The molecule has 0 unspecified atom stereocenters. The number of benzene rings is 1. The van der Waals surface area contributed by atoms with Gasteiger partial charge in [0.1, 0.15) is 16.8 Å². The molecule has 6 nitrogen and oxygen atoms in total. The highest BCUT2D eigenvalue weighted by atomic mass is 32.2. The minimum atomic E-state index is -0.607. The van der Waals surface area contributed by atoms with E-state index in [1.54, 1.807) is 25.1 Å². The zero-order chi connectivity index (χ0) is 21.2. The Labute approximate surface area is 175 Å². The Bertz CT molecular complexity index is 1110. The summed E-state index contributed by atoms with van der Waals surface area (Å²) in [5, 5.41) is 0. The number of aromatic nitrogens is 3. The normalized spacial score (nSPS) is 11.1. The number of nitrogens with zero attached hydrogens (tertiary/aromatic N) is 4. The molecule has 0 bridgehead atoms. The van der Waals surface area contributed by atoms with Gasteiger partial charge in [-0.3, -0.25) is 4.90 Å². The number of hydrogen-bond donors (Lipinski definition) is 0. The largest absolute Gasteiger partial charge is 0.443 e. The summed E-state index contributed by atoms with van der Waals surface area (Å²) in [6, 6.07) is 9.73. The lowest BCUT2D eigenvalue weighted by Crippen LogP contribution is -2.34. The zero-order valence-electron chi connectivity index (χ0n) is 17.5. The van der Waals surface area contributed by atoms with E-state index in [4.69, 9.17) is 9.72 Å². The van der Waals surface area contributed by atoms with Gasteiger partial charge in [0, 0.05) is 19.7 Å². The van der Waals surface area contributed by atoms with E-state index in [1.165, 1.54) is 4.90 Å². The minimum Gasteiger partial charge on any atom is -0.443 e. The van der Waals surface area contributed by atoms with Crippen molar-refractivity contribution in [1.29, 1.82) is 0 Å². The Balaban J connectivity index is 2.16. The molecule has 1 aromatic carbocycles. The van der Waals surface area contributed by atoms with Gasteiger partial charge in [0.2, 0.25) is 0 Å². The number of thioether (sulfide) groups is 1. The van der Waals surface area contributed by atoms with E-state index in [1.807, 2.05) is 69.0 Å². The minimum absolute atomic E-state index is 0.421. The number of carbonyl (C=O) groups excluding carboxylic acids is 1. The Morgan fingerprint density at radius 1 is 1.21 bits per heavy atom. The van der Waals surface area contributed by atoms with Gasteiger partial charge in [-0.1, -0.05) is 24.1 Å². The summed E-state index contributed by atoms with van der Waals surface area (Å²) < 4.78 is 7.43. The topological polar surface area (TPSA) is 60.3 Å². The number of aryl methyl sites for hydroxylation is 1. The van der Waals surface area contributed by atoms with Crippen LogP contribution in [0.2, 0.25) is 0 Å². The second-order valence-corrected chi connectivity index (χ2v) is 8.34. The fourth-order valence-electron chi connectivity index (χ4n) is 2.77. The summed E-state index contributed by atoms with van der Waals surface area (Å²) in [6.07, 6.45) is 3.21. The van der Waals surface area contributed by atoms with Crippen LogP contribution in [0, 0.1) is 11.8 Å². The number of amides is 1. The zero-order valence-corrected chi connectivity index (χ0v) is 18.3. The van der Waals surface area contributed by atoms with Gasteiger partial charge >= 0.3 is 6.09 Å². The third-order valence-electron chi connectivity index (χ3n) is 4.08. The summed E-state index contributed by atoms with van der Waals surface area (Å²) in [4.78, 5) is 24.1. The molecule has 29 heavy (non-hydrogen) atoms. The molecule has 2 aromatic heterocycles. The molecule has 0 atom stereocenters. The summed E-state index contributed by atoms with van der Waals surface area (Å²) in [6.45, 7) is 5.49. The molecule has 0 saturated carbocycles. The lowest BCUT2D eigenvalue weighted by atomic mass is 10.2. The average Bonchev–Trinajstić information content (AvgIpc) is 3.06. The van der Waals surface area contributed by atoms with Crippen molar-refractivity contribution in [3.63, 3.8) is 0 Å². The van der Waals surface area contributed by atoms with Crippen LogP contribution in [0.25, 0.3) is 11.0 Å². The highest BCUT2D eigenvalue weighted by Crippen LogP contribution is 2.33. The number of hydrogen-bond acceptors (Lipinski definition) is 5. The van der Waals surface area contributed by atoms with E-state index in [0.717, 1.165) is 16.0 Å².